The Balaban J connectivity index is 2.67. The minimum Gasteiger partial charge on any atom is -0.386 e. The molecule has 2 atom stereocenters. The summed E-state index contributed by atoms with van der Waals surface area (Å²) < 4.78 is 0. The van der Waals surface area contributed by atoms with Crippen LogP contribution in [0, 0.1) is 11.3 Å². The normalized spacial score (nSPS) is 36.9. The van der Waals surface area contributed by atoms with Crippen molar-refractivity contribution in [3.05, 3.63) is 12.2 Å². The van der Waals surface area contributed by atoms with Gasteiger partial charge in [-0.15, -0.1) is 0 Å². The molecule has 0 fully saturated rings. The van der Waals surface area contributed by atoms with E-state index >= 15 is 0 Å². The Morgan fingerprint density at radius 3 is 2.33 bits per heavy atom. The van der Waals surface area contributed by atoms with Gasteiger partial charge in [-0.05, 0) is 31.1 Å². The highest BCUT2D eigenvalue weighted by Gasteiger charge is 2.29. The van der Waals surface area contributed by atoms with Crippen LogP contribution in [0.25, 0.3) is 0 Å². The number of hydrogen-bond donors (Lipinski definition) is 1. The fourth-order valence-electron chi connectivity index (χ4n) is 1.67. The van der Waals surface area contributed by atoms with Crippen LogP contribution in [0.2, 0.25) is 0 Å². The monoisotopic (exact) mass is 168 g/mol. The third-order valence-electron chi connectivity index (χ3n) is 2.76. The highest BCUT2D eigenvalue weighted by Crippen LogP contribution is 2.36. The van der Waals surface area contributed by atoms with Crippen molar-refractivity contribution in [1.29, 1.82) is 0 Å². The van der Waals surface area contributed by atoms with E-state index in [4.69, 9.17) is 0 Å². The predicted octanol–water partition coefficient (Wildman–Crippen LogP) is 2.75. The second kappa shape index (κ2) is 2.88. The summed E-state index contributed by atoms with van der Waals surface area (Å²) in [7, 11) is 0. The summed E-state index contributed by atoms with van der Waals surface area (Å²) in [5, 5.41) is 9.67. The molecule has 1 aliphatic carbocycles. The van der Waals surface area contributed by atoms with Crippen LogP contribution in [0.3, 0.4) is 0 Å². The van der Waals surface area contributed by atoms with Crippen LogP contribution in [-0.4, -0.2) is 10.7 Å². The Morgan fingerprint density at radius 2 is 2.00 bits per heavy atom. The van der Waals surface area contributed by atoms with Crippen molar-refractivity contribution >= 4 is 0 Å². The SMILES string of the molecule is CC1(O)C=CC(C(C)(C)C)CC1. The quantitative estimate of drug-likeness (QED) is 0.551. The lowest BCUT2D eigenvalue weighted by molar-refractivity contribution is 0.0770. The fourth-order valence-corrected chi connectivity index (χ4v) is 1.67. The summed E-state index contributed by atoms with van der Waals surface area (Å²) in [5.41, 5.74) is -0.214. The van der Waals surface area contributed by atoms with Gasteiger partial charge in [-0.1, -0.05) is 32.9 Å². The molecule has 0 aromatic carbocycles. The minimum atomic E-state index is -0.554. The highest BCUT2D eigenvalue weighted by molar-refractivity contribution is 5.07. The zero-order valence-electron chi connectivity index (χ0n) is 8.59. The van der Waals surface area contributed by atoms with Crippen LogP contribution in [0.4, 0.5) is 0 Å². The molecule has 1 N–H and O–H groups in total. The molecule has 1 nitrogen and oxygen atoms in total. The van der Waals surface area contributed by atoms with Crippen molar-refractivity contribution in [1.82, 2.24) is 0 Å². The zero-order chi connectivity index (χ0) is 9.41. The summed E-state index contributed by atoms with van der Waals surface area (Å²) >= 11 is 0. The molecule has 2 unspecified atom stereocenters. The van der Waals surface area contributed by atoms with Crippen molar-refractivity contribution in [3.63, 3.8) is 0 Å². The summed E-state index contributed by atoms with van der Waals surface area (Å²) in [6, 6.07) is 0. The molecule has 0 bridgehead atoms. The van der Waals surface area contributed by atoms with Crippen LogP contribution in [0.1, 0.15) is 40.5 Å². The molecule has 70 valence electrons. The Kier molecular flexibility index (Phi) is 2.35. The molecule has 0 heterocycles. The number of aliphatic hydroxyl groups is 1. The van der Waals surface area contributed by atoms with E-state index in [1.54, 1.807) is 0 Å². The minimum absolute atomic E-state index is 0.340. The summed E-state index contributed by atoms with van der Waals surface area (Å²) in [5.74, 6) is 0.623. The van der Waals surface area contributed by atoms with Crippen molar-refractivity contribution in [2.45, 2.75) is 46.1 Å². The zero-order valence-corrected chi connectivity index (χ0v) is 8.59. The second-order valence-corrected chi connectivity index (χ2v) is 5.23. The van der Waals surface area contributed by atoms with E-state index in [1.165, 1.54) is 0 Å². The molecule has 0 amide bonds. The van der Waals surface area contributed by atoms with Crippen LogP contribution >= 0.6 is 0 Å². The molecule has 1 heteroatoms. The van der Waals surface area contributed by atoms with Gasteiger partial charge in [-0.25, -0.2) is 0 Å². The van der Waals surface area contributed by atoms with Crippen molar-refractivity contribution < 1.29 is 5.11 Å². The van der Waals surface area contributed by atoms with Gasteiger partial charge >= 0.3 is 0 Å². The average Bonchev–Trinajstić information content (AvgIpc) is 1.83. The standard InChI is InChI=1S/C11H20O/c1-10(2,3)9-5-7-11(4,12)8-6-9/h5,7,9,12H,6,8H2,1-4H3. The maximum absolute atomic E-state index is 9.67. The first-order valence-corrected chi connectivity index (χ1v) is 4.73. The third kappa shape index (κ3) is 2.34. The molecule has 0 aliphatic heterocycles. The lowest BCUT2D eigenvalue weighted by Gasteiger charge is -2.34. The molecule has 1 aliphatic rings. The van der Waals surface area contributed by atoms with Gasteiger partial charge in [-0.3, -0.25) is 0 Å². The van der Waals surface area contributed by atoms with Gasteiger partial charge in [0, 0.05) is 0 Å². The maximum Gasteiger partial charge on any atom is 0.0800 e. The largest absolute Gasteiger partial charge is 0.386 e. The fraction of sp³-hybridized carbons (Fsp3) is 0.818. The van der Waals surface area contributed by atoms with Gasteiger partial charge in [0.2, 0.25) is 0 Å². The lowest BCUT2D eigenvalue weighted by Crippen LogP contribution is -2.30. The Labute approximate surface area is 75.5 Å². The molecule has 12 heavy (non-hydrogen) atoms. The maximum atomic E-state index is 9.67. The van der Waals surface area contributed by atoms with E-state index in [9.17, 15) is 5.11 Å². The molecular formula is C11H20O. The highest BCUT2D eigenvalue weighted by atomic mass is 16.3. The summed E-state index contributed by atoms with van der Waals surface area (Å²) in [6.45, 7) is 8.63. The van der Waals surface area contributed by atoms with E-state index in [1.807, 2.05) is 13.0 Å². The van der Waals surface area contributed by atoms with Crippen molar-refractivity contribution in [2.24, 2.45) is 11.3 Å². The molecule has 0 saturated carbocycles. The van der Waals surface area contributed by atoms with Gasteiger partial charge in [0.05, 0.1) is 5.60 Å². The van der Waals surface area contributed by atoms with Crippen molar-refractivity contribution in [3.8, 4) is 0 Å². The molecule has 0 aromatic heterocycles. The van der Waals surface area contributed by atoms with Crippen LogP contribution in [0.5, 0.6) is 0 Å². The molecular weight excluding hydrogens is 148 g/mol. The van der Waals surface area contributed by atoms with E-state index < -0.39 is 5.60 Å². The van der Waals surface area contributed by atoms with Crippen LogP contribution in [-0.2, 0) is 0 Å². The predicted molar refractivity (Wildman–Crippen MR) is 51.9 cm³/mol. The second-order valence-electron chi connectivity index (χ2n) is 5.23. The van der Waals surface area contributed by atoms with Gasteiger partial charge in [-0.2, -0.15) is 0 Å². The molecule has 1 rings (SSSR count). The number of rotatable bonds is 0. The average molecular weight is 168 g/mol. The van der Waals surface area contributed by atoms with Crippen molar-refractivity contribution in [2.75, 3.05) is 0 Å². The van der Waals surface area contributed by atoms with Gasteiger partial charge in [0.1, 0.15) is 0 Å². The molecule has 0 radical (unpaired) electrons. The molecule has 0 aromatic rings. The molecule has 0 saturated heterocycles. The first kappa shape index (κ1) is 9.79. The van der Waals surface area contributed by atoms with Crippen LogP contribution < -0.4 is 0 Å². The first-order chi connectivity index (χ1) is 5.31. The van der Waals surface area contributed by atoms with E-state index in [0.29, 0.717) is 11.3 Å². The van der Waals surface area contributed by atoms with Gasteiger partial charge in [0.25, 0.3) is 0 Å². The Hall–Kier alpha value is -0.300. The Bertz CT molecular complexity index is 184. The van der Waals surface area contributed by atoms with Gasteiger partial charge in [0.15, 0.2) is 0 Å². The number of allylic oxidation sites excluding steroid dienone is 1. The number of hydrogen-bond acceptors (Lipinski definition) is 1. The first-order valence-electron chi connectivity index (χ1n) is 4.73. The van der Waals surface area contributed by atoms with E-state index in [0.717, 1.165) is 12.8 Å². The smallest absolute Gasteiger partial charge is 0.0800 e. The van der Waals surface area contributed by atoms with Crippen LogP contribution in [0.15, 0.2) is 12.2 Å². The summed E-state index contributed by atoms with van der Waals surface area (Å²) in [6.07, 6.45) is 6.12. The molecule has 0 spiro atoms. The van der Waals surface area contributed by atoms with Gasteiger partial charge < -0.3 is 5.11 Å². The summed E-state index contributed by atoms with van der Waals surface area (Å²) in [4.78, 5) is 0. The Morgan fingerprint density at radius 1 is 1.42 bits per heavy atom. The topological polar surface area (TPSA) is 20.2 Å². The van der Waals surface area contributed by atoms with E-state index in [-0.39, 0.29) is 0 Å². The third-order valence-corrected chi connectivity index (χ3v) is 2.76. The van der Waals surface area contributed by atoms with E-state index in [2.05, 4.69) is 26.8 Å². The lowest BCUT2D eigenvalue weighted by atomic mass is 9.73.